The van der Waals surface area contributed by atoms with Crippen LogP contribution in [-0.2, 0) is 0 Å². The van der Waals surface area contributed by atoms with Crippen molar-refractivity contribution in [1.29, 1.82) is 0 Å². The van der Waals surface area contributed by atoms with Crippen molar-refractivity contribution in [1.82, 2.24) is 0 Å². The van der Waals surface area contributed by atoms with Gasteiger partial charge in [0.25, 0.3) is 5.91 Å². The molecular weight excluding hydrogens is 326 g/mol. The fourth-order valence-electron chi connectivity index (χ4n) is 1.62. The molecule has 2 aromatic carbocycles. The number of nitrogens with one attached hydrogen (secondary N) is 1. The minimum atomic E-state index is -0.215. The Morgan fingerprint density at radius 1 is 1.26 bits per heavy atom. The van der Waals surface area contributed by atoms with Crippen molar-refractivity contribution < 1.29 is 9.53 Å². The smallest absolute Gasteiger partial charge is 0.256 e. The summed E-state index contributed by atoms with van der Waals surface area (Å²) in [6.07, 6.45) is 0. The zero-order valence-corrected chi connectivity index (χ0v) is 12.7. The van der Waals surface area contributed by atoms with E-state index in [0.29, 0.717) is 17.0 Å². The van der Waals surface area contributed by atoms with Gasteiger partial charge in [-0.25, -0.2) is 0 Å². The molecule has 5 heteroatoms. The van der Waals surface area contributed by atoms with Gasteiger partial charge < -0.3 is 10.1 Å². The van der Waals surface area contributed by atoms with Crippen molar-refractivity contribution in [3.63, 3.8) is 0 Å². The lowest BCUT2D eigenvalue weighted by Crippen LogP contribution is -2.13. The minimum absolute atomic E-state index is 0.215. The predicted molar refractivity (Wildman–Crippen MR) is 82.3 cm³/mol. The average molecular weight is 338 g/mol. The second-order valence-corrected chi connectivity index (χ2v) is 5.19. The van der Waals surface area contributed by atoms with Gasteiger partial charge in [0.05, 0.1) is 18.4 Å². The van der Waals surface area contributed by atoms with E-state index in [2.05, 4.69) is 33.9 Å². The Balaban J connectivity index is 2.28. The van der Waals surface area contributed by atoms with Gasteiger partial charge in [-0.1, -0.05) is 12.1 Å². The molecule has 0 aliphatic carbocycles. The van der Waals surface area contributed by atoms with E-state index < -0.39 is 0 Å². The van der Waals surface area contributed by atoms with Crippen LogP contribution in [0.3, 0.4) is 0 Å². The van der Waals surface area contributed by atoms with Crippen LogP contribution in [0, 0.1) is 0 Å². The molecule has 0 atom stereocenters. The van der Waals surface area contributed by atoms with Gasteiger partial charge in [-0.15, -0.1) is 12.6 Å². The number of carbonyl (C=O) groups is 1. The zero-order valence-electron chi connectivity index (χ0n) is 10.2. The highest BCUT2D eigenvalue weighted by Crippen LogP contribution is 2.26. The summed E-state index contributed by atoms with van der Waals surface area (Å²) in [7, 11) is 1.56. The molecule has 0 radical (unpaired) electrons. The van der Waals surface area contributed by atoms with Gasteiger partial charge in [0, 0.05) is 9.37 Å². The first kappa shape index (κ1) is 14.0. The Kier molecular flexibility index (Phi) is 4.50. The molecule has 0 unspecified atom stereocenters. The van der Waals surface area contributed by atoms with Crippen LogP contribution in [0.15, 0.2) is 51.8 Å². The van der Waals surface area contributed by atoms with Crippen LogP contribution >= 0.6 is 28.6 Å². The van der Waals surface area contributed by atoms with Crippen LogP contribution in [-0.4, -0.2) is 13.0 Å². The summed E-state index contributed by atoms with van der Waals surface area (Å²) in [6, 6.07) is 12.6. The first-order valence-corrected chi connectivity index (χ1v) is 6.78. The maximum Gasteiger partial charge on any atom is 0.256 e. The molecule has 0 saturated carbocycles. The number of para-hydroxylation sites is 2. The third-order valence-electron chi connectivity index (χ3n) is 2.55. The number of benzene rings is 2. The molecule has 2 aromatic rings. The van der Waals surface area contributed by atoms with Crippen LogP contribution in [0.25, 0.3) is 0 Å². The number of ether oxygens (including phenoxy) is 1. The molecule has 98 valence electrons. The fourth-order valence-corrected chi connectivity index (χ4v) is 2.26. The molecule has 0 saturated heterocycles. The number of hydrogen-bond acceptors (Lipinski definition) is 3. The van der Waals surface area contributed by atoms with Crippen molar-refractivity contribution in [2.45, 2.75) is 4.90 Å². The normalized spacial score (nSPS) is 10.1. The number of carbonyl (C=O) groups excluding carboxylic acids is 1. The number of hydrogen-bond donors (Lipinski definition) is 2. The molecule has 0 aromatic heterocycles. The van der Waals surface area contributed by atoms with Gasteiger partial charge in [0.2, 0.25) is 0 Å². The Labute approximate surface area is 125 Å². The van der Waals surface area contributed by atoms with Crippen LogP contribution < -0.4 is 10.1 Å². The van der Waals surface area contributed by atoms with E-state index >= 15 is 0 Å². The van der Waals surface area contributed by atoms with Crippen molar-refractivity contribution >= 4 is 40.2 Å². The second-order valence-electron chi connectivity index (χ2n) is 3.82. The number of rotatable bonds is 3. The maximum atomic E-state index is 12.2. The Morgan fingerprint density at radius 3 is 2.74 bits per heavy atom. The molecule has 19 heavy (non-hydrogen) atoms. The van der Waals surface area contributed by atoms with E-state index in [1.54, 1.807) is 31.4 Å². The number of halogens is 1. The van der Waals surface area contributed by atoms with Gasteiger partial charge in [-0.05, 0) is 46.3 Å². The first-order valence-electron chi connectivity index (χ1n) is 5.54. The number of thiol groups is 1. The molecule has 0 bridgehead atoms. The van der Waals surface area contributed by atoms with E-state index in [-0.39, 0.29) is 5.91 Å². The molecule has 3 nitrogen and oxygen atoms in total. The molecule has 0 fully saturated rings. The highest BCUT2D eigenvalue weighted by molar-refractivity contribution is 9.10. The van der Waals surface area contributed by atoms with Crippen molar-refractivity contribution in [2.75, 3.05) is 12.4 Å². The SMILES string of the molecule is COc1ccccc1NC(=O)c1cc(S)ccc1Br. The second kappa shape index (κ2) is 6.12. The van der Waals surface area contributed by atoms with Gasteiger partial charge in [-0.2, -0.15) is 0 Å². The highest BCUT2D eigenvalue weighted by atomic mass is 79.9. The lowest BCUT2D eigenvalue weighted by atomic mass is 10.2. The third-order valence-corrected chi connectivity index (χ3v) is 3.52. The van der Waals surface area contributed by atoms with E-state index in [9.17, 15) is 4.79 Å². The monoisotopic (exact) mass is 337 g/mol. The standard InChI is InChI=1S/C14H12BrNO2S/c1-18-13-5-3-2-4-12(13)16-14(17)10-8-9(19)6-7-11(10)15/h2-8,19H,1H3,(H,16,17). The molecule has 1 amide bonds. The lowest BCUT2D eigenvalue weighted by molar-refractivity contribution is 0.102. The number of methoxy groups -OCH3 is 1. The van der Waals surface area contributed by atoms with Crippen molar-refractivity contribution in [2.24, 2.45) is 0 Å². The van der Waals surface area contributed by atoms with Gasteiger partial charge in [-0.3, -0.25) is 4.79 Å². The lowest BCUT2D eigenvalue weighted by Gasteiger charge is -2.11. The number of anilines is 1. The average Bonchev–Trinajstić information content (AvgIpc) is 2.42. The summed E-state index contributed by atoms with van der Waals surface area (Å²) in [5.74, 6) is 0.404. The Hall–Kier alpha value is -1.46. The summed E-state index contributed by atoms with van der Waals surface area (Å²) in [6.45, 7) is 0. The molecular formula is C14H12BrNO2S. The van der Waals surface area contributed by atoms with Gasteiger partial charge in [0.1, 0.15) is 5.75 Å². The molecule has 0 heterocycles. The van der Waals surface area contributed by atoms with Crippen LogP contribution in [0.2, 0.25) is 0 Å². The van der Waals surface area contributed by atoms with Gasteiger partial charge >= 0.3 is 0 Å². The fraction of sp³-hybridized carbons (Fsp3) is 0.0714. The highest BCUT2D eigenvalue weighted by Gasteiger charge is 2.12. The number of amides is 1. The van der Waals surface area contributed by atoms with E-state index in [4.69, 9.17) is 4.74 Å². The first-order chi connectivity index (χ1) is 9.11. The topological polar surface area (TPSA) is 38.3 Å². The molecule has 2 rings (SSSR count). The van der Waals surface area contributed by atoms with E-state index in [1.807, 2.05) is 18.2 Å². The summed E-state index contributed by atoms with van der Waals surface area (Å²) in [5, 5.41) is 2.82. The molecule has 1 N–H and O–H groups in total. The maximum absolute atomic E-state index is 12.2. The summed E-state index contributed by atoms with van der Waals surface area (Å²) < 4.78 is 5.91. The largest absolute Gasteiger partial charge is 0.495 e. The molecule has 0 aliphatic heterocycles. The van der Waals surface area contributed by atoms with Crippen molar-refractivity contribution in [3.05, 3.63) is 52.5 Å². The Morgan fingerprint density at radius 2 is 2.00 bits per heavy atom. The quantitative estimate of drug-likeness (QED) is 0.831. The summed E-state index contributed by atoms with van der Waals surface area (Å²) in [5.41, 5.74) is 1.16. The molecule has 0 aliphatic rings. The van der Waals surface area contributed by atoms with Crippen LogP contribution in [0.1, 0.15) is 10.4 Å². The predicted octanol–water partition coefficient (Wildman–Crippen LogP) is 4.00. The summed E-state index contributed by atoms with van der Waals surface area (Å²) >= 11 is 7.59. The third kappa shape index (κ3) is 3.30. The van der Waals surface area contributed by atoms with Crippen LogP contribution in [0.5, 0.6) is 5.75 Å². The summed E-state index contributed by atoms with van der Waals surface area (Å²) in [4.78, 5) is 13.0. The zero-order chi connectivity index (χ0) is 13.8. The Bertz CT molecular complexity index is 616. The molecule has 0 spiro atoms. The van der Waals surface area contributed by atoms with Crippen molar-refractivity contribution in [3.8, 4) is 5.75 Å². The van der Waals surface area contributed by atoms with Crippen LogP contribution in [0.4, 0.5) is 5.69 Å². The van der Waals surface area contributed by atoms with E-state index in [0.717, 1.165) is 9.37 Å². The van der Waals surface area contributed by atoms with Gasteiger partial charge in [0.15, 0.2) is 0 Å². The van der Waals surface area contributed by atoms with E-state index in [1.165, 1.54) is 0 Å². The minimum Gasteiger partial charge on any atom is -0.495 e.